The van der Waals surface area contributed by atoms with E-state index in [4.69, 9.17) is 16.3 Å². The van der Waals surface area contributed by atoms with Crippen molar-refractivity contribution in [3.05, 3.63) is 64.4 Å². The molecule has 0 radical (unpaired) electrons. The third kappa shape index (κ3) is 2.51. The summed E-state index contributed by atoms with van der Waals surface area (Å²) in [4.78, 5) is 12.1. The van der Waals surface area contributed by atoms with Gasteiger partial charge in [-0.2, -0.15) is 0 Å². The molecule has 0 aliphatic carbocycles. The van der Waals surface area contributed by atoms with Crippen LogP contribution in [0.2, 0.25) is 5.02 Å². The monoisotopic (exact) mass is 264 g/mol. The Kier molecular flexibility index (Phi) is 3.63. The van der Waals surface area contributed by atoms with Gasteiger partial charge in [0.1, 0.15) is 11.6 Å². The average Bonchev–Trinajstić information content (AvgIpc) is 2.41. The smallest absolute Gasteiger partial charge is 0.193 e. The second kappa shape index (κ2) is 5.19. The molecule has 18 heavy (non-hydrogen) atoms. The molecule has 0 saturated carbocycles. The average molecular weight is 265 g/mol. The van der Waals surface area contributed by atoms with E-state index in [1.807, 2.05) is 0 Å². The lowest BCUT2D eigenvalue weighted by Gasteiger charge is -2.04. The molecule has 0 amide bonds. The van der Waals surface area contributed by atoms with E-state index in [-0.39, 0.29) is 16.4 Å². The third-order valence-electron chi connectivity index (χ3n) is 2.51. The molecule has 2 nitrogen and oxygen atoms in total. The van der Waals surface area contributed by atoms with Crippen LogP contribution in [0.15, 0.2) is 42.5 Å². The van der Waals surface area contributed by atoms with Gasteiger partial charge in [-0.25, -0.2) is 4.39 Å². The van der Waals surface area contributed by atoms with Crippen molar-refractivity contribution < 1.29 is 13.9 Å². The first kappa shape index (κ1) is 12.6. The van der Waals surface area contributed by atoms with Crippen molar-refractivity contribution in [1.82, 2.24) is 0 Å². The summed E-state index contributed by atoms with van der Waals surface area (Å²) in [6.07, 6.45) is 0. The van der Waals surface area contributed by atoms with E-state index in [0.29, 0.717) is 11.3 Å². The maximum absolute atomic E-state index is 13.3. The summed E-state index contributed by atoms with van der Waals surface area (Å²) in [5.41, 5.74) is 0.696. The number of benzene rings is 2. The molecule has 0 saturated heterocycles. The number of hydrogen-bond acceptors (Lipinski definition) is 2. The maximum Gasteiger partial charge on any atom is 0.193 e. The zero-order valence-electron chi connectivity index (χ0n) is 9.61. The Bertz CT molecular complexity index is 596. The minimum Gasteiger partial charge on any atom is -0.497 e. The number of ether oxygens (including phenoxy) is 1. The topological polar surface area (TPSA) is 26.3 Å². The number of hydrogen-bond donors (Lipinski definition) is 0. The van der Waals surface area contributed by atoms with Gasteiger partial charge >= 0.3 is 0 Å². The first-order valence-electron chi connectivity index (χ1n) is 5.25. The number of ketones is 1. The van der Waals surface area contributed by atoms with E-state index in [2.05, 4.69) is 0 Å². The van der Waals surface area contributed by atoms with Crippen molar-refractivity contribution in [1.29, 1.82) is 0 Å². The lowest BCUT2D eigenvalue weighted by molar-refractivity contribution is 0.103. The zero-order chi connectivity index (χ0) is 13.1. The summed E-state index contributed by atoms with van der Waals surface area (Å²) in [5, 5.41) is -0.00260. The van der Waals surface area contributed by atoms with Crippen molar-refractivity contribution in [2.24, 2.45) is 0 Å². The Morgan fingerprint density at radius 1 is 1.17 bits per heavy atom. The highest BCUT2D eigenvalue weighted by Gasteiger charge is 2.11. The quantitative estimate of drug-likeness (QED) is 0.790. The van der Waals surface area contributed by atoms with Gasteiger partial charge in [-0.3, -0.25) is 4.79 Å². The SMILES string of the molecule is COc1cccc(C(=O)c2ccc(Cl)c(F)c2)c1. The first-order valence-corrected chi connectivity index (χ1v) is 5.63. The molecule has 0 fully saturated rings. The molecule has 4 heteroatoms. The number of carbonyl (C=O) groups is 1. The fourth-order valence-corrected chi connectivity index (χ4v) is 1.69. The molecule has 0 N–H and O–H groups in total. The van der Waals surface area contributed by atoms with Gasteiger partial charge in [0.2, 0.25) is 0 Å². The van der Waals surface area contributed by atoms with Crippen molar-refractivity contribution >= 4 is 17.4 Å². The van der Waals surface area contributed by atoms with Crippen molar-refractivity contribution in [3.63, 3.8) is 0 Å². The molecular formula is C14H10ClFO2. The molecule has 0 atom stereocenters. The summed E-state index contributed by atoms with van der Waals surface area (Å²) in [5.74, 6) is -0.301. The van der Waals surface area contributed by atoms with Crippen LogP contribution in [0, 0.1) is 5.82 Å². The largest absolute Gasteiger partial charge is 0.497 e. The second-order valence-corrected chi connectivity index (χ2v) is 4.10. The molecule has 0 aromatic heterocycles. The summed E-state index contributed by atoms with van der Waals surface area (Å²) in [6.45, 7) is 0. The number of halogens is 2. The van der Waals surface area contributed by atoms with Crippen LogP contribution in [0.1, 0.15) is 15.9 Å². The first-order chi connectivity index (χ1) is 8.61. The third-order valence-corrected chi connectivity index (χ3v) is 2.82. The van der Waals surface area contributed by atoms with E-state index < -0.39 is 5.82 Å². The van der Waals surface area contributed by atoms with E-state index in [1.165, 1.54) is 19.2 Å². The highest BCUT2D eigenvalue weighted by molar-refractivity contribution is 6.30. The van der Waals surface area contributed by atoms with Gasteiger partial charge in [-0.1, -0.05) is 23.7 Å². The van der Waals surface area contributed by atoms with Crippen LogP contribution < -0.4 is 4.74 Å². The summed E-state index contributed by atoms with van der Waals surface area (Å²) >= 11 is 5.57. The van der Waals surface area contributed by atoms with Crippen molar-refractivity contribution in [2.75, 3.05) is 7.11 Å². The Morgan fingerprint density at radius 2 is 1.89 bits per heavy atom. The van der Waals surface area contributed by atoms with Gasteiger partial charge in [0.25, 0.3) is 0 Å². The number of methoxy groups -OCH3 is 1. The van der Waals surface area contributed by atoms with Gasteiger partial charge in [-0.15, -0.1) is 0 Å². The molecule has 0 aliphatic rings. The predicted octanol–water partition coefficient (Wildman–Crippen LogP) is 3.72. The Labute approximate surface area is 109 Å². The Balaban J connectivity index is 2.38. The number of carbonyl (C=O) groups excluding carboxylic acids is 1. The van der Waals surface area contributed by atoms with Crippen LogP contribution in [0.25, 0.3) is 0 Å². The highest BCUT2D eigenvalue weighted by atomic mass is 35.5. The van der Waals surface area contributed by atoms with Crippen molar-refractivity contribution in [3.8, 4) is 5.75 Å². The van der Waals surface area contributed by atoms with Gasteiger partial charge in [0.15, 0.2) is 5.78 Å². The minimum atomic E-state index is -0.606. The lowest BCUT2D eigenvalue weighted by atomic mass is 10.0. The zero-order valence-corrected chi connectivity index (χ0v) is 10.4. The van der Waals surface area contributed by atoms with E-state index in [1.54, 1.807) is 24.3 Å². The van der Waals surface area contributed by atoms with Gasteiger partial charge in [0, 0.05) is 11.1 Å². The van der Waals surface area contributed by atoms with E-state index >= 15 is 0 Å². The summed E-state index contributed by atoms with van der Waals surface area (Å²) < 4.78 is 18.3. The van der Waals surface area contributed by atoms with Gasteiger partial charge in [0.05, 0.1) is 12.1 Å². The van der Waals surface area contributed by atoms with Crippen LogP contribution in [0.3, 0.4) is 0 Å². The normalized spacial score (nSPS) is 10.2. The molecule has 2 aromatic carbocycles. The Morgan fingerprint density at radius 3 is 2.56 bits per heavy atom. The van der Waals surface area contributed by atoms with Crippen LogP contribution in [-0.4, -0.2) is 12.9 Å². The standard InChI is InChI=1S/C14H10ClFO2/c1-18-11-4-2-3-9(7-11)14(17)10-5-6-12(15)13(16)8-10/h2-8H,1H3. The van der Waals surface area contributed by atoms with Crippen LogP contribution in [0.5, 0.6) is 5.75 Å². The minimum absolute atomic E-state index is 0.00260. The predicted molar refractivity (Wildman–Crippen MR) is 67.8 cm³/mol. The highest BCUT2D eigenvalue weighted by Crippen LogP contribution is 2.20. The fraction of sp³-hybridized carbons (Fsp3) is 0.0714. The number of rotatable bonds is 3. The van der Waals surface area contributed by atoms with Crippen LogP contribution >= 0.6 is 11.6 Å². The maximum atomic E-state index is 13.3. The van der Waals surface area contributed by atoms with E-state index in [0.717, 1.165) is 6.07 Å². The second-order valence-electron chi connectivity index (χ2n) is 3.69. The molecule has 2 aromatic rings. The molecular weight excluding hydrogens is 255 g/mol. The fourth-order valence-electron chi connectivity index (χ4n) is 1.57. The lowest BCUT2D eigenvalue weighted by Crippen LogP contribution is -2.02. The summed E-state index contributed by atoms with van der Waals surface area (Å²) in [7, 11) is 1.52. The van der Waals surface area contributed by atoms with Crippen LogP contribution in [-0.2, 0) is 0 Å². The van der Waals surface area contributed by atoms with Gasteiger partial charge in [-0.05, 0) is 30.3 Å². The molecule has 92 valence electrons. The molecule has 0 bridgehead atoms. The molecule has 0 spiro atoms. The van der Waals surface area contributed by atoms with Gasteiger partial charge < -0.3 is 4.74 Å². The molecule has 0 heterocycles. The van der Waals surface area contributed by atoms with Crippen LogP contribution in [0.4, 0.5) is 4.39 Å². The van der Waals surface area contributed by atoms with Crippen molar-refractivity contribution in [2.45, 2.75) is 0 Å². The Hall–Kier alpha value is -1.87. The summed E-state index contributed by atoms with van der Waals surface area (Å²) in [6, 6.07) is 10.7. The molecule has 0 aliphatic heterocycles. The van der Waals surface area contributed by atoms with E-state index in [9.17, 15) is 9.18 Å². The molecule has 0 unspecified atom stereocenters. The molecule has 2 rings (SSSR count).